The molecule has 1 aromatic rings. The first-order valence-electron chi connectivity index (χ1n) is 6.25. The van der Waals surface area contributed by atoms with Crippen LogP contribution in [0.3, 0.4) is 0 Å². The predicted molar refractivity (Wildman–Crippen MR) is 69.1 cm³/mol. The molecule has 2 N–H and O–H groups in total. The van der Waals surface area contributed by atoms with Gasteiger partial charge in [0.05, 0.1) is 6.04 Å². The monoisotopic (exact) mass is 232 g/mol. The molecule has 0 aromatic heterocycles. The second-order valence-electron chi connectivity index (χ2n) is 4.76. The summed E-state index contributed by atoms with van der Waals surface area (Å²) in [5.41, 5.74) is 9.04. The van der Waals surface area contributed by atoms with Crippen molar-refractivity contribution < 1.29 is 4.79 Å². The summed E-state index contributed by atoms with van der Waals surface area (Å²) in [7, 11) is 0. The zero-order valence-corrected chi connectivity index (χ0v) is 10.6. The van der Waals surface area contributed by atoms with Crippen molar-refractivity contribution in [2.75, 3.05) is 13.1 Å². The number of nitrogens with zero attached hydrogens (tertiary/aromatic N) is 1. The van der Waals surface area contributed by atoms with Crippen molar-refractivity contribution in [2.45, 2.75) is 32.9 Å². The van der Waals surface area contributed by atoms with Crippen LogP contribution in [0.15, 0.2) is 18.2 Å². The van der Waals surface area contributed by atoms with E-state index in [9.17, 15) is 4.79 Å². The van der Waals surface area contributed by atoms with Gasteiger partial charge in [0.15, 0.2) is 5.78 Å². The van der Waals surface area contributed by atoms with Gasteiger partial charge in [-0.2, -0.15) is 0 Å². The van der Waals surface area contributed by atoms with Gasteiger partial charge in [0.1, 0.15) is 0 Å². The average Bonchev–Trinajstić information content (AvgIpc) is 2.36. The van der Waals surface area contributed by atoms with Gasteiger partial charge >= 0.3 is 0 Å². The van der Waals surface area contributed by atoms with Gasteiger partial charge in [-0.25, -0.2) is 0 Å². The molecule has 0 amide bonds. The zero-order valence-electron chi connectivity index (χ0n) is 10.6. The van der Waals surface area contributed by atoms with E-state index in [1.54, 1.807) is 6.92 Å². The third-order valence-electron chi connectivity index (χ3n) is 3.44. The number of fused-ring (bicyclic) bond motifs is 1. The van der Waals surface area contributed by atoms with Crippen LogP contribution in [0.4, 0.5) is 0 Å². The number of hydrogen-bond acceptors (Lipinski definition) is 3. The minimum atomic E-state index is -0.413. The Hall–Kier alpha value is -1.19. The number of carbonyl (C=O) groups excluding carboxylic acids is 1. The normalized spacial score (nSPS) is 17.6. The molecule has 3 heteroatoms. The summed E-state index contributed by atoms with van der Waals surface area (Å²) in [6.45, 7) is 7.08. The minimum absolute atomic E-state index is 0.0331. The summed E-state index contributed by atoms with van der Waals surface area (Å²) in [5, 5.41) is 0. The Morgan fingerprint density at radius 3 is 2.88 bits per heavy atom. The van der Waals surface area contributed by atoms with Crippen LogP contribution in [0.25, 0.3) is 0 Å². The second-order valence-corrected chi connectivity index (χ2v) is 4.76. The van der Waals surface area contributed by atoms with E-state index in [1.165, 1.54) is 11.1 Å². The maximum atomic E-state index is 11.8. The molecular weight excluding hydrogens is 212 g/mol. The lowest BCUT2D eigenvalue weighted by Gasteiger charge is -2.27. The molecule has 92 valence electrons. The number of nitrogens with two attached hydrogens (primary N) is 1. The van der Waals surface area contributed by atoms with Gasteiger partial charge in [-0.15, -0.1) is 0 Å². The molecule has 0 radical (unpaired) electrons. The Balaban J connectivity index is 2.24. The highest BCUT2D eigenvalue weighted by molar-refractivity contribution is 5.99. The first-order valence-corrected chi connectivity index (χ1v) is 6.25. The molecule has 0 aliphatic carbocycles. The minimum Gasteiger partial charge on any atom is -0.321 e. The van der Waals surface area contributed by atoms with Crippen LogP contribution in [0.2, 0.25) is 0 Å². The summed E-state index contributed by atoms with van der Waals surface area (Å²) in [5.74, 6) is 0.0331. The molecule has 1 heterocycles. The molecule has 1 aliphatic heterocycles. The number of ketones is 1. The Labute approximate surface area is 103 Å². The average molecular weight is 232 g/mol. The van der Waals surface area contributed by atoms with Crippen molar-refractivity contribution in [1.29, 1.82) is 0 Å². The molecule has 17 heavy (non-hydrogen) atoms. The molecule has 1 unspecified atom stereocenters. The fraction of sp³-hybridized carbons (Fsp3) is 0.500. The lowest BCUT2D eigenvalue weighted by Crippen LogP contribution is -2.31. The Bertz CT molecular complexity index is 426. The first-order chi connectivity index (χ1) is 8.11. The molecule has 0 spiro atoms. The third-order valence-corrected chi connectivity index (χ3v) is 3.44. The number of Topliss-reactive ketones (excluding diaryl/α,β-unsaturated/α-hetero) is 1. The highest BCUT2D eigenvalue weighted by Crippen LogP contribution is 2.20. The second kappa shape index (κ2) is 4.98. The van der Waals surface area contributed by atoms with Crippen molar-refractivity contribution in [3.8, 4) is 0 Å². The standard InChI is InChI=1S/C14H20N2O/c1-3-16-7-6-11-8-12(14(17)10(2)15)4-5-13(11)9-16/h4-5,8,10H,3,6-7,9,15H2,1-2H3. The van der Waals surface area contributed by atoms with Gasteiger partial charge in [-0.1, -0.05) is 19.1 Å². The van der Waals surface area contributed by atoms with Crippen LogP contribution < -0.4 is 5.73 Å². The number of carbonyl (C=O) groups is 1. The van der Waals surface area contributed by atoms with Gasteiger partial charge in [0.2, 0.25) is 0 Å². The summed E-state index contributed by atoms with van der Waals surface area (Å²) in [6.07, 6.45) is 1.03. The Kier molecular flexibility index (Phi) is 3.60. The maximum absolute atomic E-state index is 11.8. The van der Waals surface area contributed by atoms with Gasteiger partial charge in [-0.3, -0.25) is 9.69 Å². The molecule has 1 atom stereocenters. The van der Waals surface area contributed by atoms with Crippen LogP contribution in [0.1, 0.15) is 35.3 Å². The van der Waals surface area contributed by atoms with Gasteiger partial charge in [0, 0.05) is 18.7 Å². The van der Waals surface area contributed by atoms with E-state index in [2.05, 4.69) is 17.9 Å². The lowest BCUT2D eigenvalue weighted by atomic mass is 9.95. The number of rotatable bonds is 3. The van der Waals surface area contributed by atoms with E-state index in [0.717, 1.165) is 31.6 Å². The van der Waals surface area contributed by atoms with Gasteiger partial charge in [-0.05, 0) is 37.1 Å². The van der Waals surface area contributed by atoms with E-state index >= 15 is 0 Å². The molecule has 0 saturated carbocycles. The highest BCUT2D eigenvalue weighted by atomic mass is 16.1. The molecular formula is C14H20N2O. The molecule has 0 saturated heterocycles. The topological polar surface area (TPSA) is 46.3 Å². The molecule has 0 fully saturated rings. The zero-order chi connectivity index (χ0) is 12.4. The SMILES string of the molecule is CCN1CCc2cc(C(=O)C(C)N)ccc2C1. The number of likely N-dealkylation sites (N-methyl/N-ethyl adjacent to an activating group) is 1. The molecule has 2 rings (SSSR count). The fourth-order valence-electron chi connectivity index (χ4n) is 2.30. The van der Waals surface area contributed by atoms with Crippen molar-refractivity contribution in [2.24, 2.45) is 5.73 Å². The van der Waals surface area contributed by atoms with Crippen LogP contribution in [-0.4, -0.2) is 29.8 Å². The molecule has 1 aliphatic rings. The van der Waals surface area contributed by atoms with Crippen molar-refractivity contribution in [1.82, 2.24) is 4.90 Å². The van der Waals surface area contributed by atoms with E-state index < -0.39 is 6.04 Å². The van der Waals surface area contributed by atoms with E-state index in [4.69, 9.17) is 5.73 Å². The van der Waals surface area contributed by atoms with Gasteiger partial charge < -0.3 is 5.73 Å². The first kappa shape index (κ1) is 12.3. The number of hydrogen-bond donors (Lipinski definition) is 1. The van der Waals surface area contributed by atoms with Crippen LogP contribution in [0, 0.1) is 0 Å². The largest absolute Gasteiger partial charge is 0.321 e. The molecule has 3 nitrogen and oxygen atoms in total. The van der Waals surface area contributed by atoms with Crippen molar-refractivity contribution in [3.05, 3.63) is 34.9 Å². The summed E-state index contributed by atoms with van der Waals surface area (Å²) >= 11 is 0. The Morgan fingerprint density at radius 1 is 1.47 bits per heavy atom. The quantitative estimate of drug-likeness (QED) is 0.805. The van der Waals surface area contributed by atoms with E-state index in [-0.39, 0.29) is 5.78 Å². The Morgan fingerprint density at radius 2 is 2.24 bits per heavy atom. The third kappa shape index (κ3) is 2.56. The number of benzene rings is 1. The van der Waals surface area contributed by atoms with E-state index in [1.807, 2.05) is 12.1 Å². The van der Waals surface area contributed by atoms with E-state index in [0.29, 0.717) is 0 Å². The van der Waals surface area contributed by atoms with Crippen LogP contribution in [-0.2, 0) is 13.0 Å². The predicted octanol–water partition coefficient (Wildman–Crippen LogP) is 1.59. The summed E-state index contributed by atoms with van der Waals surface area (Å²) in [4.78, 5) is 14.2. The van der Waals surface area contributed by atoms with Crippen molar-refractivity contribution >= 4 is 5.78 Å². The molecule has 1 aromatic carbocycles. The van der Waals surface area contributed by atoms with Crippen LogP contribution >= 0.6 is 0 Å². The lowest BCUT2D eigenvalue weighted by molar-refractivity contribution is 0.0967. The highest BCUT2D eigenvalue weighted by Gasteiger charge is 2.17. The summed E-state index contributed by atoms with van der Waals surface area (Å²) < 4.78 is 0. The van der Waals surface area contributed by atoms with Crippen LogP contribution in [0.5, 0.6) is 0 Å². The fourth-order valence-corrected chi connectivity index (χ4v) is 2.30. The summed E-state index contributed by atoms with van der Waals surface area (Å²) in [6, 6.07) is 5.59. The smallest absolute Gasteiger partial charge is 0.179 e. The molecule has 0 bridgehead atoms. The maximum Gasteiger partial charge on any atom is 0.179 e. The van der Waals surface area contributed by atoms with Crippen molar-refractivity contribution in [3.63, 3.8) is 0 Å². The van der Waals surface area contributed by atoms with Gasteiger partial charge in [0.25, 0.3) is 0 Å².